The summed E-state index contributed by atoms with van der Waals surface area (Å²) in [5.41, 5.74) is 2.77. The number of benzene rings is 1. The van der Waals surface area contributed by atoms with Crippen LogP contribution in [0.1, 0.15) is 42.5 Å². The fourth-order valence-corrected chi connectivity index (χ4v) is 3.74. The average molecular weight is 391 g/mol. The van der Waals surface area contributed by atoms with Crippen LogP contribution in [0.25, 0.3) is 16.9 Å². The van der Waals surface area contributed by atoms with Gasteiger partial charge >= 0.3 is 0 Å². The monoisotopic (exact) mass is 391 g/mol. The summed E-state index contributed by atoms with van der Waals surface area (Å²) in [4.78, 5) is 31.3. The molecule has 0 saturated carbocycles. The van der Waals surface area contributed by atoms with Crippen LogP contribution in [0.2, 0.25) is 0 Å². The van der Waals surface area contributed by atoms with Gasteiger partial charge < -0.3 is 10.2 Å². The molecule has 0 spiro atoms. The van der Waals surface area contributed by atoms with E-state index in [2.05, 4.69) is 15.4 Å². The van der Waals surface area contributed by atoms with Crippen molar-refractivity contribution in [1.29, 1.82) is 0 Å². The third-order valence-electron chi connectivity index (χ3n) is 5.30. The maximum absolute atomic E-state index is 12.7. The van der Waals surface area contributed by atoms with E-state index in [9.17, 15) is 9.59 Å². The second-order valence-electron chi connectivity index (χ2n) is 7.29. The van der Waals surface area contributed by atoms with Crippen LogP contribution >= 0.6 is 0 Å². The van der Waals surface area contributed by atoms with Gasteiger partial charge in [-0.3, -0.25) is 9.59 Å². The predicted molar refractivity (Wildman–Crippen MR) is 110 cm³/mol. The molecule has 2 aromatic heterocycles. The first-order valence-corrected chi connectivity index (χ1v) is 10.2. The second kappa shape index (κ2) is 8.86. The Labute approximate surface area is 169 Å². The number of amides is 2. The van der Waals surface area contributed by atoms with Crippen molar-refractivity contribution in [1.82, 2.24) is 24.8 Å². The topological polar surface area (TPSA) is 79.6 Å². The largest absolute Gasteiger partial charge is 0.351 e. The molecule has 0 bridgehead atoms. The smallest absolute Gasteiger partial charge is 0.256 e. The van der Waals surface area contributed by atoms with E-state index in [1.54, 1.807) is 10.7 Å². The lowest BCUT2D eigenvalue weighted by atomic mass is 10.1. The highest BCUT2D eigenvalue weighted by molar-refractivity contribution is 6.00. The summed E-state index contributed by atoms with van der Waals surface area (Å²) >= 11 is 0. The summed E-state index contributed by atoms with van der Waals surface area (Å²) in [6.45, 7) is 1.96. The van der Waals surface area contributed by atoms with E-state index in [0.717, 1.165) is 37.2 Å². The fraction of sp³-hybridized carbons (Fsp3) is 0.364. The molecule has 0 aliphatic carbocycles. The first-order chi connectivity index (χ1) is 14.2. The third-order valence-corrected chi connectivity index (χ3v) is 5.30. The molecule has 0 radical (unpaired) electrons. The first kappa shape index (κ1) is 19.1. The Morgan fingerprint density at radius 1 is 1.00 bits per heavy atom. The standard InChI is InChI=1S/C22H25N5O2/c28-20(26-14-6-1-2-7-15-26)11-13-24-22(29)18-16-25-27-19(10-12-23-21(18)27)17-8-4-3-5-9-17/h3-5,8-10,12,16H,1-2,6-7,11,13-15H2,(H,24,29). The van der Waals surface area contributed by atoms with Gasteiger partial charge in [-0.05, 0) is 18.9 Å². The van der Waals surface area contributed by atoms with Gasteiger partial charge in [0.2, 0.25) is 5.91 Å². The number of fused-ring (bicyclic) bond motifs is 1. The summed E-state index contributed by atoms with van der Waals surface area (Å²) in [5.74, 6) is -0.155. The van der Waals surface area contributed by atoms with Crippen molar-refractivity contribution in [3.63, 3.8) is 0 Å². The van der Waals surface area contributed by atoms with Crippen LogP contribution in [0, 0.1) is 0 Å². The quantitative estimate of drug-likeness (QED) is 0.725. The van der Waals surface area contributed by atoms with Crippen molar-refractivity contribution in [2.24, 2.45) is 0 Å². The Morgan fingerprint density at radius 3 is 2.52 bits per heavy atom. The van der Waals surface area contributed by atoms with Gasteiger partial charge in [-0.15, -0.1) is 0 Å². The van der Waals surface area contributed by atoms with Crippen LogP contribution in [-0.2, 0) is 4.79 Å². The zero-order valence-electron chi connectivity index (χ0n) is 16.4. The fourth-order valence-electron chi connectivity index (χ4n) is 3.74. The molecule has 4 rings (SSSR count). The summed E-state index contributed by atoms with van der Waals surface area (Å²) in [7, 11) is 0. The number of nitrogens with one attached hydrogen (secondary N) is 1. The molecule has 29 heavy (non-hydrogen) atoms. The molecule has 1 aliphatic heterocycles. The van der Waals surface area contributed by atoms with E-state index in [4.69, 9.17) is 0 Å². The molecule has 150 valence electrons. The van der Waals surface area contributed by atoms with E-state index in [0.29, 0.717) is 24.2 Å². The summed E-state index contributed by atoms with van der Waals surface area (Å²) in [6, 6.07) is 11.7. The molecule has 1 aliphatic rings. The lowest BCUT2D eigenvalue weighted by Crippen LogP contribution is -2.35. The molecule has 7 nitrogen and oxygen atoms in total. The molecular weight excluding hydrogens is 366 g/mol. The number of carbonyl (C=O) groups excluding carboxylic acids is 2. The number of likely N-dealkylation sites (tertiary alicyclic amines) is 1. The molecule has 1 aromatic carbocycles. The Balaban J connectivity index is 1.42. The molecule has 0 unspecified atom stereocenters. The predicted octanol–water partition coefficient (Wildman–Crippen LogP) is 2.92. The second-order valence-corrected chi connectivity index (χ2v) is 7.29. The minimum absolute atomic E-state index is 0.108. The van der Waals surface area contributed by atoms with Crippen LogP contribution in [0.15, 0.2) is 48.8 Å². The van der Waals surface area contributed by atoms with Gasteiger partial charge in [0, 0.05) is 37.8 Å². The average Bonchev–Trinajstić information content (AvgIpc) is 3.00. The van der Waals surface area contributed by atoms with Gasteiger partial charge in [0.15, 0.2) is 5.65 Å². The van der Waals surface area contributed by atoms with Gasteiger partial charge in [0.05, 0.1) is 11.9 Å². The van der Waals surface area contributed by atoms with Crippen molar-refractivity contribution in [3.05, 3.63) is 54.4 Å². The number of aromatic nitrogens is 3. The molecule has 1 fully saturated rings. The number of nitrogens with zero attached hydrogens (tertiary/aromatic N) is 4. The van der Waals surface area contributed by atoms with Crippen molar-refractivity contribution in [2.45, 2.75) is 32.1 Å². The lowest BCUT2D eigenvalue weighted by molar-refractivity contribution is -0.131. The Bertz CT molecular complexity index is 991. The van der Waals surface area contributed by atoms with E-state index in [-0.39, 0.29) is 11.8 Å². The minimum atomic E-state index is -0.263. The lowest BCUT2D eigenvalue weighted by Gasteiger charge is -2.20. The highest BCUT2D eigenvalue weighted by Gasteiger charge is 2.18. The van der Waals surface area contributed by atoms with Crippen LogP contribution in [0.4, 0.5) is 0 Å². The number of hydrogen-bond acceptors (Lipinski definition) is 4. The molecular formula is C22H25N5O2. The summed E-state index contributed by atoms with van der Waals surface area (Å²) in [5, 5.41) is 7.20. The van der Waals surface area contributed by atoms with Crippen LogP contribution in [0.5, 0.6) is 0 Å². The van der Waals surface area contributed by atoms with E-state index >= 15 is 0 Å². The number of rotatable bonds is 5. The molecule has 1 N–H and O–H groups in total. The molecule has 1 saturated heterocycles. The van der Waals surface area contributed by atoms with E-state index < -0.39 is 0 Å². The van der Waals surface area contributed by atoms with Crippen LogP contribution in [-0.4, -0.2) is 50.9 Å². The third kappa shape index (κ3) is 4.29. The number of hydrogen-bond donors (Lipinski definition) is 1. The van der Waals surface area contributed by atoms with Crippen molar-refractivity contribution in [2.75, 3.05) is 19.6 Å². The molecule has 2 amide bonds. The highest BCUT2D eigenvalue weighted by atomic mass is 16.2. The van der Waals surface area contributed by atoms with Gasteiger partial charge in [0.25, 0.3) is 5.91 Å². The van der Waals surface area contributed by atoms with Crippen molar-refractivity contribution >= 4 is 17.5 Å². The maximum Gasteiger partial charge on any atom is 0.256 e. The molecule has 3 aromatic rings. The zero-order valence-corrected chi connectivity index (χ0v) is 16.4. The van der Waals surface area contributed by atoms with Crippen LogP contribution < -0.4 is 5.32 Å². The van der Waals surface area contributed by atoms with E-state index in [1.807, 2.05) is 41.3 Å². The first-order valence-electron chi connectivity index (χ1n) is 10.2. The molecule has 7 heteroatoms. The maximum atomic E-state index is 12.7. The Morgan fingerprint density at radius 2 is 1.76 bits per heavy atom. The summed E-state index contributed by atoms with van der Waals surface area (Å²) in [6.07, 6.45) is 8.03. The normalized spacial score (nSPS) is 14.6. The molecule has 0 atom stereocenters. The van der Waals surface area contributed by atoms with Gasteiger partial charge in [0.1, 0.15) is 5.56 Å². The van der Waals surface area contributed by atoms with Crippen molar-refractivity contribution < 1.29 is 9.59 Å². The van der Waals surface area contributed by atoms with Crippen molar-refractivity contribution in [3.8, 4) is 11.3 Å². The van der Waals surface area contributed by atoms with Crippen LogP contribution in [0.3, 0.4) is 0 Å². The summed E-state index contributed by atoms with van der Waals surface area (Å²) < 4.78 is 1.67. The Hall–Kier alpha value is -3.22. The SMILES string of the molecule is O=C(NCCC(=O)N1CCCCCC1)c1cnn2c(-c3ccccc3)ccnc12. The minimum Gasteiger partial charge on any atom is -0.351 e. The zero-order chi connectivity index (χ0) is 20.1. The van der Waals surface area contributed by atoms with E-state index in [1.165, 1.54) is 19.0 Å². The molecule has 3 heterocycles. The highest BCUT2D eigenvalue weighted by Crippen LogP contribution is 2.20. The van der Waals surface area contributed by atoms with Gasteiger partial charge in [-0.1, -0.05) is 43.2 Å². The number of carbonyl (C=O) groups is 2. The van der Waals surface area contributed by atoms with Gasteiger partial charge in [-0.25, -0.2) is 9.50 Å². The Kier molecular flexibility index (Phi) is 5.84. The van der Waals surface area contributed by atoms with Gasteiger partial charge in [-0.2, -0.15) is 5.10 Å².